The lowest BCUT2D eigenvalue weighted by Crippen LogP contribution is -2.11. The summed E-state index contributed by atoms with van der Waals surface area (Å²) in [5, 5.41) is 3.60. The number of hydrogen-bond donors (Lipinski definition) is 0. The summed E-state index contributed by atoms with van der Waals surface area (Å²) in [5.74, 6) is 1.55. The third-order valence-electron chi connectivity index (χ3n) is 7.07. The van der Waals surface area contributed by atoms with Crippen LogP contribution >= 0.6 is 0 Å². The molecule has 0 saturated heterocycles. The highest BCUT2D eigenvalue weighted by Gasteiger charge is 2.12. The van der Waals surface area contributed by atoms with E-state index < -0.39 is 15.9 Å². The molecule has 2 aromatic heterocycles. The molecule has 185 valence electrons. The molecule has 0 unspecified atom stereocenters. The van der Waals surface area contributed by atoms with E-state index in [1.807, 2.05) is 43.3 Å². The van der Waals surface area contributed by atoms with Crippen LogP contribution in [0.1, 0.15) is 5.69 Å². The molecular weight excluding hydrogens is 495 g/mol. The standard InChI is InChI=1S/C24H17NO.C10H9NO.Al/c26-20-15-11-18(12-16-20)17-9-13-19(14-10-17)25-23-7-3-1-5-21(23)22-6-2-4-8-24(22)25;1-7-5-6-8-3-2-4-9(12)10(8)11-7;/h1-16,26H;2-6,12H,1H3;/q;;+2/p-2. The number of nitrogens with zero attached hydrogens (tertiary/aromatic N) is 2. The second-order valence-corrected chi connectivity index (χ2v) is 10.2. The number of benzene rings is 5. The molecule has 0 spiro atoms. The molecule has 0 bridgehead atoms. The summed E-state index contributed by atoms with van der Waals surface area (Å²) in [5.41, 5.74) is 7.71. The Kier molecular flexibility index (Phi) is 6.02. The van der Waals surface area contributed by atoms with Gasteiger partial charge in [0.2, 0.25) is 0 Å². The Morgan fingerprint density at radius 3 is 1.92 bits per heavy atom. The molecule has 7 aromatic rings. The maximum absolute atomic E-state index is 6.00. The van der Waals surface area contributed by atoms with Crippen LogP contribution < -0.4 is 7.58 Å². The van der Waals surface area contributed by atoms with Gasteiger partial charge in [-0.2, -0.15) is 0 Å². The van der Waals surface area contributed by atoms with E-state index in [9.17, 15) is 0 Å². The maximum atomic E-state index is 6.00. The lowest BCUT2D eigenvalue weighted by molar-refractivity contribution is 0.461. The number of aryl methyl sites for hydroxylation is 1. The van der Waals surface area contributed by atoms with Gasteiger partial charge in [0.25, 0.3) is 0 Å². The first kappa shape index (κ1) is 23.6. The minimum Gasteiger partial charge on any atom is -0.616 e. The van der Waals surface area contributed by atoms with Crippen molar-refractivity contribution in [1.29, 1.82) is 0 Å². The summed E-state index contributed by atoms with van der Waals surface area (Å²) < 4.78 is 14.3. The summed E-state index contributed by atoms with van der Waals surface area (Å²) in [7, 11) is 0. The van der Waals surface area contributed by atoms with Crippen LogP contribution in [0.4, 0.5) is 0 Å². The average molecular weight is 520 g/mol. The zero-order chi connectivity index (χ0) is 26.2. The second-order valence-electron chi connectivity index (χ2n) is 9.55. The van der Waals surface area contributed by atoms with Gasteiger partial charge in [0.05, 0.1) is 16.8 Å². The van der Waals surface area contributed by atoms with Crippen LogP contribution in [0.2, 0.25) is 0 Å². The van der Waals surface area contributed by atoms with Gasteiger partial charge >= 0.3 is 15.9 Å². The van der Waals surface area contributed by atoms with E-state index in [4.69, 9.17) is 7.58 Å². The lowest BCUT2D eigenvalue weighted by atomic mass is 10.1. The monoisotopic (exact) mass is 519 g/mol. The average Bonchev–Trinajstić information content (AvgIpc) is 3.32. The van der Waals surface area contributed by atoms with Crippen molar-refractivity contribution in [2.24, 2.45) is 0 Å². The Balaban J connectivity index is 1.08. The highest BCUT2D eigenvalue weighted by molar-refractivity contribution is 6.21. The highest BCUT2D eigenvalue weighted by Crippen LogP contribution is 2.33. The lowest BCUT2D eigenvalue weighted by Gasteiger charge is -2.12. The quantitative estimate of drug-likeness (QED) is 0.207. The predicted molar refractivity (Wildman–Crippen MR) is 160 cm³/mol. The van der Waals surface area contributed by atoms with E-state index >= 15 is 0 Å². The topological polar surface area (TPSA) is 36.3 Å². The number of pyridine rings is 1. The van der Waals surface area contributed by atoms with E-state index in [0.29, 0.717) is 0 Å². The van der Waals surface area contributed by atoms with Crippen molar-refractivity contribution in [3.05, 3.63) is 133 Å². The van der Waals surface area contributed by atoms with Crippen LogP contribution in [0.15, 0.2) is 127 Å². The van der Waals surface area contributed by atoms with Gasteiger partial charge in [0.1, 0.15) is 11.3 Å². The zero-order valence-corrected chi connectivity index (χ0v) is 22.6. The molecule has 4 nitrogen and oxygen atoms in total. The molecule has 2 heterocycles. The van der Waals surface area contributed by atoms with Gasteiger partial charge in [0.15, 0.2) is 0 Å². The van der Waals surface area contributed by atoms with Crippen molar-refractivity contribution in [2.45, 2.75) is 6.92 Å². The number of hydrogen-bond acceptors (Lipinski definition) is 3. The first-order valence-corrected chi connectivity index (χ1v) is 13.9. The molecule has 0 N–H and O–H groups in total. The fourth-order valence-corrected chi connectivity index (χ4v) is 5.78. The van der Waals surface area contributed by atoms with E-state index in [-0.39, 0.29) is 0 Å². The van der Waals surface area contributed by atoms with Gasteiger partial charge in [-0.3, -0.25) is 0 Å². The van der Waals surface area contributed by atoms with Crippen LogP contribution in [0, 0.1) is 6.92 Å². The molecule has 0 amide bonds. The van der Waals surface area contributed by atoms with Gasteiger partial charge in [-0.25, -0.2) is 4.98 Å². The van der Waals surface area contributed by atoms with E-state index in [1.54, 1.807) is 0 Å². The molecule has 0 aliphatic rings. The Hall–Kier alpha value is -4.56. The molecule has 0 atom stereocenters. The largest absolute Gasteiger partial charge is 0.881 e. The van der Waals surface area contributed by atoms with Crippen molar-refractivity contribution in [2.75, 3.05) is 0 Å². The fourth-order valence-electron chi connectivity index (χ4n) is 5.17. The zero-order valence-electron chi connectivity index (χ0n) is 21.4. The van der Waals surface area contributed by atoms with Gasteiger partial charge in [-0.1, -0.05) is 78.9 Å². The van der Waals surface area contributed by atoms with Crippen LogP contribution in [0.3, 0.4) is 0 Å². The van der Waals surface area contributed by atoms with Crippen LogP contribution in [-0.4, -0.2) is 25.4 Å². The van der Waals surface area contributed by atoms with E-state index in [1.165, 1.54) is 21.8 Å². The third kappa shape index (κ3) is 4.42. The molecular formula is C34H24AlN2O2. The summed E-state index contributed by atoms with van der Waals surface area (Å²) in [6, 6.07) is 44.1. The van der Waals surface area contributed by atoms with Crippen LogP contribution in [-0.2, 0) is 0 Å². The summed E-state index contributed by atoms with van der Waals surface area (Å²) >= 11 is -0.716. The Morgan fingerprint density at radius 1 is 0.590 bits per heavy atom. The Morgan fingerprint density at radius 2 is 1.23 bits per heavy atom. The Bertz CT molecular complexity index is 1890. The molecule has 39 heavy (non-hydrogen) atoms. The first-order valence-electron chi connectivity index (χ1n) is 12.9. The molecule has 7 rings (SSSR count). The van der Waals surface area contributed by atoms with Crippen LogP contribution in [0.5, 0.6) is 11.5 Å². The van der Waals surface area contributed by atoms with Crippen molar-refractivity contribution < 1.29 is 7.58 Å². The Labute approximate surface area is 233 Å². The number of para-hydroxylation sites is 3. The molecule has 0 aliphatic carbocycles. The minimum absolute atomic E-state index is 0.716. The molecule has 5 heteroatoms. The number of aromatic nitrogens is 2. The minimum atomic E-state index is -0.716. The summed E-state index contributed by atoms with van der Waals surface area (Å²) in [6.45, 7) is 1.99. The van der Waals surface area contributed by atoms with Crippen LogP contribution in [0.25, 0.3) is 49.5 Å². The summed E-state index contributed by atoms with van der Waals surface area (Å²) in [6.07, 6.45) is 0. The van der Waals surface area contributed by atoms with Gasteiger partial charge < -0.3 is 12.1 Å². The maximum Gasteiger partial charge on any atom is 0.881 e. The highest BCUT2D eigenvalue weighted by atomic mass is 27.2. The molecule has 1 radical (unpaired) electrons. The molecule has 5 aromatic carbocycles. The molecule has 0 fully saturated rings. The number of fused-ring (bicyclic) bond motifs is 4. The van der Waals surface area contributed by atoms with E-state index in [2.05, 4.69) is 101 Å². The smallest absolute Gasteiger partial charge is 0.616 e. The summed E-state index contributed by atoms with van der Waals surface area (Å²) in [4.78, 5) is 4.63. The molecule has 0 saturated carbocycles. The van der Waals surface area contributed by atoms with Crippen molar-refractivity contribution in [3.63, 3.8) is 0 Å². The van der Waals surface area contributed by atoms with Crippen molar-refractivity contribution >= 4 is 48.6 Å². The van der Waals surface area contributed by atoms with Gasteiger partial charge in [-0.05, 0) is 66.6 Å². The normalized spacial score (nSPS) is 11.2. The predicted octanol–water partition coefficient (Wildman–Crippen LogP) is 8.30. The van der Waals surface area contributed by atoms with Crippen molar-refractivity contribution in [3.8, 4) is 28.3 Å². The first-order chi connectivity index (χ1) is 19.2. The van der Waals surface area contributed by atoms with Crippen molar-refractivity contribution in [1.82, 2.24) is 9.55 Å². The van der Waals surface area contributed by atoms with E-state index in [0.717, 1.165) is 44.9 Å². The third-order valence-corrected chi connectivity index (χ3v) is 7.79. The SMILES string of the molecule is Cc1ccc2cccc([O][Al][O]c3ccc(-c4ccc(-n5c6ccccc6c6ccccc65)cc4)cc3)c2n1. The fraction of sp³-hybridized carbons (Fsp3) is 0.0294. The number of rotatable bonds is 6. The van der Waals surface area contributed by atoms with Gasteiger partial charge in [-0.15, -0.1) is 0 Å². The molecule has 0 aliphatic heterocycles. The second kappa shape index (κ2) is 9.96. The van der Waals surface area contributed by atoms with Gasteiger partial charge in [0, 0.05) is 27.5 Å².